The number of fused-ring (bicyclic) bond motifs is 1. The number of benzene rings is 1. The molecule has 0 fully saturated rings. The lowest BCUT2D eigenvalue weighted by molar-refractivity contribution is 0.254. The van der Waals surface area contributed by atoms with E-state index in [1.54, 1.807) is 18.4 Å². The van der Waals surface area contributed by atoms with E-state index in [0.717, 1.165) is 36.6 Å². The third-order valence-electron chi connectivity index (χ3n) is 3.90. The summed E-state index contributed by atoms with van der Waals surface area (Å²) in [7, 11) is 1.73. The molecule has 3 rings (SSSR count). The summed E-state index contributed by atoms with van der Waals surface area (Å²) in [6.45, 7) is 5.92. The average molecular weight is 340 g/mol. The van der Waals surface area contributed by atoms with E-state index in [0.29, 0.717) is 0 Å². The second-order valence-electron chi connectivity index (χ2n) is 5.51. The zero-order valence-corrected chi connectivity index (χ0v) is 14.8. The summed E-state index contributed by atoms with van der Waals surface area (Å²) in [6.07, 6.45) is 1.23. The Morgan fingerprint density at radius 3 is 2.77 bits per heavy atom. The number of thiophene rings is 1. The highest BCUT2D eigenvalue weighted by molar-refractivity contribution is 7.10. The fourth-order valence-corrected chi connectivity index (χ4v) is 3.46. The maximum absolute atomic E-state index is 5.84. The molecule has 0 spiro atoms. The lowest BCUT2D eigenvalue weighted by Gasteiger charge is -2.12. The van der Waals surface area contributed by atoms with Crippen LogP contribution in [-0.2, 0) is 19.5 Å². The predicted octanol–water partition coefficient (Wildman–Crippen LogP) is 4.10. The fourth-order valence-electron chi connectivity index (χ4n) is 2.74. The molecule has 3 nitrogen and oxygen atoms in total. The van der Waals surface area contributed by atoms with E-state index in [2.05, 4.69) is 42.7 Å². The monoisotopic (exact) mass is 339 g/mol. The Balaban J connectivity index is 0.00000176. The van der Waals surface area contributed by atoms with Crippen LogP contribution in [0.4, 0.5) is 0 Å². The van der Waals surface area contributed by atoms with Crippen LogP contribution in [-0.4, -0.2) is 13.2 Å². The number of rotatable bonds is 5. The van der Waals surface area contributed by atoms with E-state index in [1.807, 2.05) is 0 Å². The largest absolute Gasteiger partial charge is 0.496 e. The zero-order chi connectivity index (χ0) is 14.8. The number of hydrogen-bond donors (Lipinski definition) is 1. The van der Waals surface area contributed by atoms with Gasteiger partial charge in [-0.2, -0.15) is 0 Å². The van der Waals surface area contributed by atoms with Gasteiger partial charge in [-0.15, -0.1) is 23.7 Å². The van der Waals surface area contributed by atoms with Crippen molar-refractivity contribution in [2.75, 3.05) is 7.11 Å². The summed E-state index contributed by atoms with van der Waals surface area (Å²) in [5, 5.41) is 5.63. The Kier molecular flexibility index (Phi) is 5.73. The minimum Gasteiger partial charge on any atom is -0.496 e. The van der Waals surface area contributed by atoms with E-state index in [-0.39, 0.29) is 18.5 Å². The van der Waals surface area contributed by atoms with Gasteiger partial charge < -0.3 is 14.8 Å². The quantitative estimate of drug-likeness (QED) is 0.889. The van der Waals surface area contributed by atoms with Crippen molar-refractivity contribution in [2.45, 2.75) is 39.5 Å². The SMILES string of the molecule is COc1cc2c(cc1CNCc1ccsc1C)OC(C)C2.Cl. The molecule has 1 unspecified atom stereocenters. The number of hydrogen-bond acceptors (Lipinski definition) is 4. The molecule has 2 aromatic rings. The van der Waals surface area contributed by atoms with Gasteiger partial charge in [0.05, 0.1) is 7.11 Å². The first-order chi connectivity index (χ1) is 10.2. The minimum absolute atomic E-state index is 0. The number of halogens is 1. The first-order valence-corrected chi connectivity index (χ1v) is 8.15. The van der Waals surface area contributed by atoms with Crippen molar-refractivity contribution in [3.8, 4) is 11.5 Å². The summed E-state index contributed by atoms with van der Waals surface area (Å²) in [5.41, 5.74) is 3.76. The van der Waals surface area contributed by atoms with E-state index in [4.69, 9.17) is 9.47 Å². The van der Waals surface area contributed by atoms with Crippen LogP contribution in [0.3, 0.4) is 0 Å². The molecule has 1 aliphatic rings. The third kappa shape index (κ3) is 3.57. The molecule has 1 atom stereocenters. The van der Waals surface area contributed by atoms with Gasteiger partial charge >= 0.3 is 0 Å². The molecule has 120 valence electrons. The lowest BCUT2D eigenvalue weighted by atomic mass is 10.1. The molecule has 2 heterocycles. The molecule has 0 amide bonds. The summed E-state index contributed by atoms with van der Waals surface area (Å²) in [4.78, 5) is 1.38. The molecule has 1 N–H and O–H groups in total. The van der Waals surface area contributed by atoms with Crippen LogP contribution >= 0.6 is 23.7 Å². The Hall–Kier alpha value is -1.23. The van der Waals surface area contributed by atoms with Crippen molar-refractivity contribution in [3.63, 3.8) is 0 Å². The molecular weight excluding hydrogens is 318 g/mol. The fraction of sp³-hybridized carbons (Fsp3) is 0.412. The molecule has 22 heavy (non-hydrogen) atoms. The number of methoxy groups -OCH3 is 1. The van der Waals surface area contributed by atoms with Crippen LogP contribution in [0.2, 0.25) is 0 Å². The normalized spacial score (nSPS) is 15.9. The van der Waals surface area contributed by atoms with Crippen molar-refractivity contribution in [1.29, 1.82) is 0 Å². The highest BCUT2D eigenvalue weighted by Crippen LogP contribution is 2.34. The van der Waals surface area contributed by atoms with Gasteiger partial charge in [0.15, 0.2) is 0 Å². The Bertz CT molecular complexity index is 642. The van der Waals surface area contributed by atoms with Crippen LogP contribution in [0.1, 0.15) is 28.5 Å². The molecule has 0 aliphatic carbocycles. The molecule has 1 aromatic heterocycles. The van der Waals surface area contributed by atoms with Crippen molar-refractivity contribution in [1.82, 2.24) is 5.32 Å². The summed E-state index contributed by atoms with van der Waals surface area (Å²) < 4.78 is 11.4. The molecule has 1 aromatic carbocycles. The minimum atomic E-state index is 0. The van der Waals surface area contributed by atoms with Crippen LogP contribution in [0.5, 0.6) is 11.5 Å². The van der Waals surface area contributed by atoms with Gasteiger partial charge in [0.1, 0.15) is 17.6 Å². The van der Waals surface area contributed by atoms with Crippen LogP contribution in [0.15, 0.2) is 23.6 Å². The Labute approximate surface area is 142 Å². The highest BCUT2D eigenvalue weighted by atomic mass is 35.5. The third-order valence-corrected chi connectivity index (χ3v) is 4.78. The van der Waals surface area contributed by atoms with Crippen molar-refractivity contribution >= 4 is 23.7 Å². The molecule has 0 saturated heterocycles. The molecule has 0 saturated carbocycles. The van der Waals surface area contributed by atoms with Gasteiger partial charge in [0.2, 0.25) is 0 Å². The Morgan fingerprint density at radius 1 is 1.32 bits per heavy atom. The van der Waals surface area contributed by atoms with Crippen molar-refractivity contribution in [2.24, 2.45) is 0 Å². The molecule has 5 heteroatoms. The van der Waals surface area contributed by atoms with Gasteiger partial charge in [-0.1, -0.05) is 0 Å². The highest BCUT2D eigenvalue weighted by Gasteiger charge is 2.21. The Morgan fingerprint density at radius 2 is 2.09 bits per heavy atom. The van der Waals surface area contributed by atoms with E-state index >= 15 is 0 Å². The summed E-state index contributed by atoms with van der Waals surface area (Å²) >= 11 is 1.79. The number of nitrogens with one attached hydrogen (secondary N) is 1. The summed E-state index contributed by atoms with van der Waals surface area (Å²) in [6, 6.07) is 6.41. The maximum Gasteiger partial charge on any atom is 0.123 e. The lowest BCUT2D eigenvalue weighted by Crippen LogP contribution is -2.13. The zero-order valence-electron chi connectivity index (χ0n) is 13.1. The van der Waals surface area contributed by atoms with Gasteiger partial charge in [-0.25, -0.2) is 0 Å². The first kappa shape index (κ1) is 17.1. The van der Waals surface area contributed by atoms with Gasteiger partial charge in [-0.3, -0.25) is 0 Å². The van der Waals surface area contributed by atoms with Gasteiger partial charge in [0, 0.05) is 35.5 Å². The maximum atomic E-state index is 5.84. The molecule has 0 bridgehead atoms. The van der Waals surface area contributed by atoms with Crippen LogP contribution < -0.4 is 14.8 Å². The second kappa shape index (κ2) is 7.36. The predicted molar refractivity (Wildman–Crippen MR) is 93.6 cm³/mol. The number of ether oxygens (including phenoxy) is 2. The standard InChI is InChI=1S/C17H21NO2S.ClH/c1-11-6-14-7-16(19-3)15(8-17(14)20-11)10-18-9-13-4-5-21-12(13)2;/h4-5,7-8,11,18H,6,9-10H2,1-3H3;1H. The molecular formula is C17H22ClNO2S. The summed E-state index contributed by atoms with van der Waals surface area (Å²) in [5.74, 6) is 1.95. The van der Waals surface area contributed by atoms with Gasteiger partial charge in [0.25, 0.3) is 0 Å². The first-order valence-electron chi connectivity index (χ1n) is 7.27. The smallest absolute Gasteiger partial charge is 0.123 e. The molecule has 1 aliphatic heterocycles. The van der Waals surface area contributed by atoms with E-state index in [1.165, 1.54) is 16.0 Å². The van der Waals surface area contributed by atoms with Crippen molar-refractivity contribution in [3.05, 3.63) is 45.1 Å². The second-order valence-corrected chi connectivity index (χ2v) is 6.63. The average Bonchev–Trinajstić information content (AvgIpc) is 3.02. The van der Waals surface area contributed by atoms with Gasteiger partial charge in [-0.05, 0) is 43.0 Å². The van der Waals surface area contributed by atoms with E-state index < -0.39 is 0 Å². The van der Waals surface area contributed by atoms with Crippen LogP contribution in [0, 0.1) is 6.92 Å². The van der Waals surface area contributed by atoms with Crippen LogP contribution in [0.25, 0.3) is 0 Å². The topological polar surface area (TPSA) is 30.5 Å². The van der Waals surface area contributed by atoms with Crippen molar-refractivity contribution < 1.29 is 9.47 Å². The molecule has 0 radical (unpaired) electrons. The van der Waals surface area contributed by atoms with E-state index in [9.17, 15) is 0 Å². The number of aryl methyl sites for hydroxylation is 1.